The van der Waals surface area contributed by atoms with E-state index < -0.39 is 6.10 Å². The number of hydrogen-bond acceptors (Lipinski definition) is 6. The van der Waals surface area contributed by atoms with Crippen LogP contribution in [0, 0.1) is 0 Å². The molecule has 0 aliphatic carbocycles. The number of aliphatic hydroxyl groups is 1. The third kappa shape index (κ3) is 29.2. The fourth-order valence-corrected chi connectivity index (χ4v) is 4.63. The van der Waals surface area contributed by atoms with Crippen molar-refractivity contribution in [3.8, 4) is 0 Å². The maximum atomic E-state index is 12.0. The molecule has 0 aromatic rings. The molecule has 2 N–H and O–H groups in total. The van der Waals surface area contributed by atoms with Gasteiger partial charge in [-0.25, -0.2) is 0 Å². The van der Waals surface area contributed by atoms with Crippen LogP contribution < -0.4 is 5.32 Å². The molecule has 7 heteroatoms. The highest BCUT2D eigenvalue weighted by Gasteiger charge is 2.16. The lowest BCUT2D eigenvalue weighted by Gasteiger charge is -2.15. The van der Waals surface area contributed by atoms with E-state index >= 15 is 0 Å². The highest BCUT2D eigenvalue weighted by molar-refractivity contribution is 5.72. The Hall–Kier alpha value is -1.63. The second-order valence-electron chi connectivity index (χ2n) is 11.0. The van der Waals surface area contributed by atoms with E-state index in [-0.39, 0.29) is 31.1 Å². The summed E-state index contributed by atoms with van der Waals surface area (Å²) in [5.74, 6) is -0.580. The van der Waals surface area contributed by atoms with E-state index in [0.717, 1.165) is 57.9 Å². The zero-order valence-electron chi connectivity index (χ0n) is 25.5. The first kappa shape index (κ1) is 37.4. The van der Waals surface area contributed by atoms with Crippen molar-refractivity contribution >= 4 is 17.8 Å². The van der Waals surface area contributed by atoms with Crippen molar-refractivity contribution in [1.82, 2.24) is 5.32 Å². The van der Waals surface area contributed by atoms with Gasteiger partial charge in [0.05, 0.1) is 6.61 Å². The van der Waals surface area contributed by atoms with Crippen molar-refractivity contribution in [2.45, 2.75) is 168 Å². The lowest BCUT2D eigenvalue weighted by molar-refractivity contribution is -0.161. The van der Waals surface area contributed by atoms with Gasteiger partial charge in [0.25, 0.3) is 0 Å². The number of unbranched alkanes of at least 4 members (excludes halogenated alkanes) is 19. The minimum atomic E-state index is -0.778. The van der Waals surface area contributed by atoms with Crippen molar-refractivity contribution in [1.29, 1.82) is 0 Å². The van der Waals surface area contributed by atoms with Gasteiger partial charge in [-0.1, -0.05) is 122 Å². The molecular weight excluding hydrogens is 494 g/mol. The quantitative estimate of drug-likeness (QED) is 0.0729. The summed E-state index contributed by atoms with van der Waals surface area (Å²) in [5, 5.41) is 12.3. The SMILES string of the molecule is CCCCCCCCCCCCCC(=O)O[C@@H](CO)COC(=O)CCCCCCCCCCCCNC(C)=O. The molecule has 0 saturated carbocycles. The molecule has 0 aromatic carbocycles. The molecule has 230 valence electrons. The number of carbonyl (C=O) groups is 3. The Balaban J connectivity index is 3.55. The number of nitrogens with one attached hydrogen (secondary N) is 1. The van der Waals surface area contributed by atoms with Crippen molar-refractivity contribution in [3.05, 3.63) is 0 Å². The van der Waals surface area contributed by atoms with Gasteiger partial charge in [-0.2, -0.15) is 0 Å². The van der Waals surface area contributed by atoms with Crippen molar-refractivity contribution < 1.29 is 29.0 Å². The van der Waals surface area contributed by atoms with E-state index in [1.807, 2.05) is 0 Å². The van der Waals surface area contributed by atoms with E-state index in [0.29, 0.717) is 12.8 Å². The lowest BCUT2D eigenvalue weighted by Crippen LogP contribution is -2.28. The third-order valence-corrected chi connectivity index (χ3v) is 7.10. The molecule has 0 aromatic heterocycles. The summed E-state index contributed by atoms with van der Waals surface area (Å²) < 4.78 is 10.5. The minimum Gasteiger partial charge on any atom is -0.462 e. The molecule has 0 fully saturated rings. The van der Waals surface area contributed by atoms with E-state index in [2.05, 4.69) is 12.2 Å². The number of ether oxygens (including phenoxy) is 2. The first-order chi connectivity index (χ1) is 19.0. The summed E-state index contributed by atoms with van der Waals surface area (Å²) in [6, 6.07) is 0. The van der Waals surface area contributed by atoms with Crippen LogP contribution in [0.5, 0.6) is 0 Å². The number of esters is 2. The molecule has 0 rings (SSSR count). The monoisotopic (exact) mass is 555 g/mol. The van der Waals surface area contributed by atoms with Gasteiger partial charge in [0, 0.05) is 26.3 Å². The molecule has 0 bridgehead atoms. The molecule has 39 heavy (non-hydrogen) atoms. The fourth-order valence-electron chi connectivity index (χ4n) is 4.63. The molecule has 0 saturated heterocycles. The van der Waals surface area contributed by atoms with Crippen molar-refractivity contribution in [2.75, 3.05) is 19.8 Å². The smallest absolute Gasteiger partial charge is 0.306 e. The Bertz CT molecular complexity index is 583. The molecule has 0 unspecified atom stereocenters. The Morgan fingerprint density at radius 3 is 1.46 bits per heavy atom. The van der Waals surface area contributed by atoms with E-state index in [4.69, 9.17) is 9.47 Å². The molecular formula is C32H61NO6. The summed E-state index contributed by atoms with van der Waals surface area (Å²) in [7, 11) is 0. The third-order valence-electron chi connectivity index (χ3n) is 7.10. The predicted molar refractivity (Wildman–Crippen MR) is 158 cm³/mol. The zero-order valence-corrected chi connectivity index (χ0v) is 25.5. The zero-order chi connectivity index (χ0) is 28.8. The van der Waals surface area contributed by atoms with Gasteiger partial charge in [0.15, 0.2) is 6.10 Å². The number of amides is 1. The molecule has 0 spiro atoms. The van der Waals surface area contributed by atoms with Crippen LogP contribution >= 0.6 is 0 Å². The second kappa shape index (κ2) is 29.4. The molecule has 0 aliphatic rings. The number of rotatable bonds is 29. The van der Waals surface area contributed by atoms with Gasteiger partial charge < -0.3 is 19.9 Å². The molecule has 1 atom stereocenters. The second-order valence-corrected chi connectivity index (χ2v) is 11.0. The van der Waals surface area contributed by atoms with Crippen LogP contribution in [0.2, 0.25) is 0 Å². The Morgan fingerprint density at radius 1 is 0.615 bits per heavy atom. The Kier molecular flexibility index (Phi) is 28.1. The largest absolute Gasteiger partial charge is 0.462 e. The topological polar surface area (TPSA) is 102 Å². The molecule has 0 radical (unpaired) electrons. The van der Waals surface area contributed by atoms with Gasteiger partial charge in [-0.05, 0) is 19.3 Å². The standard InChI is InChI=1S/C32H61NO6/c1-3-4-5-6-7-8-9-13-16-19-22-25-32(37)39-30(27-34)28-38-31(36)24-21-18-15-12-10-11-14-17-20-23-26-33-29(2)35/h30,34H,3-28H2,1-2H3,(H,33,35)/t30-/m0/s1. The summed E-state index contributed by atoms with van der Waals surface area (Å²) in [4.78, 5) is 34.8. The van der Waals surface area contributed by atoms with Crippen LogP contribution in [-0.4, -0.2) is 48.8 Å². The summed E-state index contributed by atoms with van der Waals surface area (Å²) in [6.45, 7) is 4.15. The Labute approximate surface area is 239 Å². The van der Waals surface area contributed by atoms with Gasteiger partial charge in [-0.15, -0.1) is 0 Å². The highest BCUT2D eigenvalue weighted by Crippen LogP contribution is 2.13. The first-order valence-corrected chi connectivity index (χ1v) is 16.2. The summed E-state index contributed by atoms with van der Waals surface area (Å²) in [6.07, 6.45) is 24.6. The van der Waals surface area contributed by atoms with Crippen LogP contribution in [0.1, 0.15) is 162 Å². The van der Waals surface area contributed by atoms with Crippen LogP contribution in [0.25, 0.3) is 0 Å². The summed E-state index contributed by atoms with van der Waals surface area (Å²) >= 11 is 0. The van der Waals surface area contributed by atoms with E-state index in [1.54, 1.807) is 6.92 Å². The lowest BCUT2D eigenvalue weighted by atomic mass is 10.1. The number of hydrogen-bond donors (Lipinski definition) is 2. The van der Waals surface area contributed by atoms with Crippen LogP contribution in [-0.2, 0) is 23.9 Å². The van der Waals surface area contributed by atoms with Crippen molar-refractivity contribution in [3.63, 3.8) is 0 Å². The van der Waals surface area contributed by atoms with Crippen LogP contribution in [0.15, 0.2) is 0 Å². The maximum absolute atomic E-state index is 12.0. The normalized spacial score (nSPS) is 11.8. The highest BCUT2D eigenvalue weighted by atomic mass is 16.6. The van der Waals surface area contributed by atoms with E-state index in [1.165, 1.54) is 83.5 Å². The van der Waals surface area contributed by atoms with Crippen LogP contribution in [0.4, 0.5) is 0 Å². The van der Waals surface area contributed by atoms with Crippen LogP contribution in [0.3, 0.4) is 0 Å². The molecule has 7 nitrogen and oxygen atoms in total. The first-order valence-electron chi connectivity index (χ1n) is 16.2. The minimum absolute atomic E-state index is 0.0448. The molecule has 1 amide bonds. The Morgan fingerprint density at radius 2 is 1.03 bits per heavy atom. The fraction of sp³-hybridized carbons (Fsp3) is 0.906. The van der Waals surface area contributed by atoms with Gasteiger partial charge >= 0.3 is 11.9 Å². The van der Waals surface area contributed by atoms with Gasteiger partial charge in [-0.3, -0.25) is 14.4 Å². The maximum Gasteiger partial charge on any atom is 0.306 e. The van der Waals surface area contributed by atoms with Gasteiger partial charge in [0.1, 0.15) is 6.61 Å². The van der Waals surface area contributed by atoms with E-state index in [9.17, 15) is 19.5 Å². The number of carbonyl (C=O) groups excluding carboxylic acids is 3. The van der Waals surface area contributed by atoms with Gasteiger partial charge in [0.2, 0.25) is 5.91 Å². The molecule has 0 heterocycles. The average Bonchev–Trinajstić information content (AvgIpc) is 2.92. The number of aliphatic hydroxyl groups excluding tert-OH is 1. The average molecular weight is 556 g/mol. The molecule has 0 aliphatic heterocycles. The predicted octanol–water partition coefficient (Wildman–Crippen LogP) is 7.56. The van der Waals surface area contributed by atoms with Crippen molar-refractivity contribution in [2.24, 2.45) is 0 Å². The summed E-state index contributed by atoms with van der Waals surface area (Å²) in [5.41, 5.74) is 0.